The fourth-order valence-corrected chi connectivity index (χ4v) is 2.09. The lowest BCUT2D eigenvalue weighted by atomic mass is 10.1. The Bertz CT molecular complexity index is 362. The number of anilines is 1. The average Bonchev–Trinajstić information content (AvgIpc) is 2.29. The van der Waals surface area contributed by atoms with Gasteiger partial charge in [-0.2, -0.15) is 0 Å². The number of hydrogen-bond donors (Lipinski definition) is 2. The molecule has 0 saturated carbocycles. The van der Waals surface area contributed by atoms with Crippen LogP contribution in [0.5, 0.6) is 0 Å². The summed E-state index contributed by atoms with van der Waals surface area (Å²) in [6, 6.07) is 4.87. The average molecular weight is 224 g/mol. The van der Waals surface area contributed by atoms with Crippen LogP contribution in [0.2, 0.25) is 0 Å². The fraction of sp³-hybridized carbons (Fsp3) is 0.500. The van der Waals surface area contributed by atoms with E-state index in [2.05, 4.69) is 5.32 Å². The van der Waals surface area contributed by atoms with Crippen molar-refractivity contribution >= 4 is 5.69 Å². The first-order chi connectivity index (χ1) is 7.70. The van der Waals surface area contributed by atoms with Crippen LogP contribution in [-0.4, -0.2) is 31.3 Å². The highest BCUT2D eigenvalue weighted by atomic mass is 19.1. The van der Waals surface area contributed by atoms with Gasteiger partial charge in [0.05, 0.1) is 11.8 Å². The SMILES string of the molecule is C[C@@H](O)c1cccc(F)c1N1CCNCC1. The van der Waals surface area contributed by atoms with E-state index in [1.165, 1.54) is 6.07 Å². The molecule has 1 aromatic rings. The zero-order valence-corrected chi connectivity index (χ0v) is 9.41. The molecule has 2 N–H and O–H groups in total. The Kier molecular flexibility index (Phi) is 3.41. The second kappa shape index (κ2) is 4.80. The van der Waals surface area contributed by atoms with Crippen LogP contribution >= 0.6 is 0 Å². The Morgan fingerprint density at radius 3 is 2.69 bits per heavy atom. The van der Waals surface area contributed by atoms with Crippen LogP contribution in [0.3, 0.4) is 0 Å². The third-order valence-electron chi connectivity index (χ3n) is 2.90. The molecular weight excluding hydrogens is 207 g/mol. The molecule has 2 rings (SSSR count). The molecule has 1 fully saturated rings. The van der Waals surface area contributed by atoms with E-state index in [-0.39, 0.29) is 5.82 Å². The molecule has 1 atom stereocenters. The summed E-state index contributed by atoms with van der Waals surface area (Å²) in [6.07, 6.45) is -0.638. The predicted octanol–water partition coefficient (Wildman–Crippen LogP) is 1.29. The summed E-state index contributed by atoms with van der Waals surface area (Å²) >= 11 is 0. The van der Waals surface area contributed by atoms with Crippen molar-refractivity contribution in [2.45, 2.75) is 13.0 Å². The van der Waals surface area contributed by atoms with E-state index in [1.54, 1.807) is 19.1 Å². The monoisotopic (exact) mass is 224 g/mol. The minimum absolute atomic E-state index is 0.250. The van der Waals surface area contributed by atoms with Gasteiger partial charge in [-0.15, -0.1) is 0 Å². The molecule has 0 aliphatic carbocycles. The Morgan fingerprint density at radius 2 is 2.06 bits per heavy atom. The Morgan fingerprint density at radius 1 is 1.38 bits per heavy atom. The molecule has 0 unspecified atom stereocenters. The molecule has 1 heterocycles. The van der Waals surface area contributed by atoms with Gasteiger partial charge in [0, 0.05) is 31.7 Å². The Balaban J connectivity index is 2.36. The summed E-state index contributed by atoms with van der Waals surface area (Å²) in [6.45, 7) is 4.93. The molecule has 1 aliphatic heterocycles. The number of aliphatic hydroxyl groups is 1. The molecule has 3 nitrogen and oxygen atoms in total. The van der Waals surface area contributed by atoms with Crippen molar-refractivity contribution in [2.75, 3.05) is 31.1 Å². The summed E-state index contributed by atoms with van der Waals surface area (Å²) in [7, 11) is 0. The highest BCUT2D eigenvalue weighted by Gasteiger charge is 2.19. The van der Waals surface area contributed by atoms with Crippen LogP contribution < -0.4 is 10.2 Å². The van der Waals surface area contributed by atoms with Crippen LogP contribution in [0.4, 0.5) is 10.1 Å². The van der Waals surface area contributed by atoms with Crippen LogP contribution in [0.15, 0.2) is 18.2 Å². The molecular formula is C12H17FN2O. The molecule has 88 valence electrons. The van der Waals surface area contributed by atoms with Gasteiger partial charge in [0.15, 0.2) is 0 Å². The van der Waals surface area contributed by atoms with Crippen molar-refractivity contribution in [1.29, 1.82) is 0 Å². The van der Waals surface area contributed by atoms with E-state index in [0.29, 0.717) is 11.3 Å². The number of nitrogens with one attached hydrogen (secondary N) is 1. The van der Waals surface area contributed by atoms with Gasteiger partial charge >= 0.3 is 0 Å². The number of rotatable bonds is 2. The van der Waals surface area contributed by atoms with Crippen molar-refractivity contribution < 1.29 is 9.50 Å². The van der Waals surface area contributed by atoms with Crippen LogP contribution in [0.25, 0.3) is 0 Å². The van der Waals surface area contributed by atoms with E-state index >= 15 is 0 Å². The first kappa shape index (κ1) is 11.4. The van der Waals surface area contributed by atoms with Crippen molar-refractivity contribution in [1.82, 2.24) is 5.32 Å². The quantitative estimate of drug-likeness (QED) is 0.794. The summed E-state index contributed by atoms with van der Waals surface area (Å²) in [5.74, 6) is -0.250. The molecule has 1 aliphatic rings. The van der Waals surface area contributed by atoms with E-state index in [1.807, 2.05) is 4.90 Å². The molecule has 4 heteroatoms. The number of piperazine rings is 1. The van der Waals surface area contributed by atoms with Gasteiger partial charge in [0.2, 0.25) is 0 Å². The minimum atomic E-state index is -0.638. The third kappa shape index (κ3) is 2.18. The van der Waals surface area contributed by atoms with E-state index < -0.39 is 6.10 Å². The number of para-hydroxylation sites is 1. The lowest BCUT2D eigenvalue weighted by Gasteiger charge is -2.31. The minimum Gasteiger partial charge on any atom is -0.389 e. The van der Waals surface area contributed by atoms with Gasteiger partial charge in [-0.1, -0.05) is 12.1 Å². The zero-order valence-electron chi connectivity index (χ0n) is 9.41. The first-order valence-corrected chi connectivity index (χ1v) is 5.62. The number of nitrogens with zero attached hydrogens (tertiary/aromatic N) is 1. The van der Waals surface area contributed by atoms with Gasteiger partial charge in [-0.05, 0) is 13.0 Å². The van der Waals surface area contributed by atoms with E-state index in [9.17, 15) is 9.50 Å². The molecule has 0 aromatic heterocycles. The third-order valence-corrected chi connectivity index (χ3v) is 2.90. The van der Waals surface area contributed by atoms with Crippen LogP contribution in [0, 0.1) is 5.82 Å². The molecule has 16 heavy (non-hydrogen) atoms. The summed E-state index contributed by atoms with van der Waals surface area (Å²) in [5, 5.41) is 12.9. The fourth-order valence-electron chi connectivity index (χ4n) is 2.09. The highest BCUT2D eigenvalue weighted by Crippen LogP contribution is 2.29. The van der Waals surface area contributed by atoms with Gasteiger partial charge in [-0.25, -0.2) is 4.39 Å². The van der Waals surface area contributed by atoms with E-state index in [0.717, 1.165) is 26.2 Å². The Hall–Kier alpha value is -1.13. The maximum atomic E-state index is 13.8. The van der Waals surface area contributed by atoms with E-state index in [4.69, 9.17) is 0 Å². The van der Waals surface area contributed by atoms with Crippen LogP contribution in [-0.2, 0) is 0 Å². The highest BCUT2D eigenvalue weighted by molar-refractivity contribution is 5.56. The number of halogens is 1. The zero-order chi connectivity index (χ0) is 11.5. The first-order valence-electron chi connectivity index (χ1n) is 5.62. The van der Waals surface area contributed by atoms with Crippen molar-refractivity contribution in [2.24, 2.45) is 0 Å². The summed E-state index contributed by atoms with van der Waals surface area (Å²) < 4.78 is 13.8. The van der Waals surface area contributed by atoms with Gasteiger partial charge < -0.3 is 15.3 Å². The second-order valence-electron chi connectivity index (χ2n) is 4.09. The van der Waals surface area contributed by atoms with Gasteiger partial charge in [0.25, 0.3) is 0 Å². The number of hydrogen-bond acceptors (Lipinski definition) is 3. The number of aliphatic hydroxyl groups excluding tert-OH is 1. The normalized spacial score (nSPS) is 18.6. The standard InChI is InChI=1S/C12H17FN2O/c1-9(16)10-3-2-4-11(13)12(10)15-7-5-14-6-8-15/h2-4,9,14,16H,5-8H2,1H3/t9-/m1/s1. The molecule has 0 radical (unpaired) electrons. The summed E-state index contributed by atoms with van der Waals surface area (Å²) in [4.78, 5) is 1.99. The molecule has 1 saturated heterocycles. The van der Waals surface area contributed by atoms with Crippen molar-refractivity contribution in [3.8, 4) is 0 Å². The largest absolute Gasteiger partial charge is 0.389 e. The lowest BCUT2D eigenvalue weighted by molar-refractivity contribution is 0.199. The lowest BCUT2D eigenvalue weighted by Crippen LogP contribution is -2.44. The second-order valence-corrected chi connectivity index (χ2v) is 4.09. The maximum Gasteiger partial charge on any atom is 0.146 e. The van der Waals surface area contributed by atoms with Crippen molar-refractivity contribution in [3.05, 3.63) is 29.6 Å². The molecule has 0 spiro atoms. The number of benzene rings is 1. The van der Waals surface area contributed by atoms with Gasteiger partial charge in [0.1, 0.15) is 5.82 Å². The predicted molar refractivity (Wildman–Crippen MR) is 62.1 cm³/mol. The van der Waals surface area contributed by atoms with Crippen molar-refractivity contribution in [3.63, 3.8) is 0 Å². The molecule has 0 amide bonds. The maximum absolute atomic E-state index is 13.8. The molecule has 1 aromatic carbocycles. The van der Waals surface area contributed by atoms with Crippen LogP contribution in [0.1, 0.15) is 18.6 Å². The molecule has 0 bridgehead atoms. The smallest absolute Gasteiger partial charge is 0.146 e. The topological polar surface area (TPSA) is 35.5 Å². The van der Waals surface area contributed by atoms with Gasteiger partial charge in [-0.3, -0.25) is 0 Å². The summed E-state index contributed by atoms with van der Waals surface area (Å²) in [5.41, 5.74) is 1.22. The Labute approximate surface area is 94.9 Å².